The van der Waals surface area contributed by atoms with Crippen LogP contribution in [0, 0.1) is 6.92 Å². The molecule has 1 aromatic heterocycles. The van der Waals surface area contributed by atoms with Gasteiger partial charge < -0.3 is 10.1 Å². The van der Waals surface area contributed by atoms with E-state index in [0.29, 0.717) is 6.61 Å². The van der Waals surface area contributed by atoms with E-state index in [-0.39, 0.29) is 5.91 Å². The molecule has 0 aliphatic heterocycles. The Kier molecular flexibility index (Phi) is 6.68. The molecule has 0 spiro atoms. The molecule has 0 atom stereocenters. The standard InChI is InChI=1S/C30H24N2O2S/c1-21-7-17-27-28(19-21)35-30(32-27)24-11-13-25(14-12-24)31-29(33)18-10-22-8-15-26(16-9-22)34-20-23-5-3-2-4-6-23/h2-19H,20H2,1H3,(H,31,33). The Morgan fingerprint density at radius 3 is 2.49 bits per heavy atom. The number of fused-ring (bicyclic) bond motifs is 1. The monoisotopic (exact) mass is 476 g/mol. The van der Waals surface area contributed by atoms with Crippen molar-refractivity contribution in [3.8, 4) is 16.3 Å². The highest BCUT2D eigenvalue weighted by molar-refractivity contribution is 7.21. The molecule has 1 amide bonds. The molecule has 0 aliphatic carbocycles. The number of nitrogens with one attached hydrogen (secondary N) is 1. The summed E-state index contributed by atoms with van der Waals surface area (Å²) < 4.78 is 6.99. The smallest absolute Gasteiger partial charge is 0.248 e. The van der Waals surface area contributed by atoms with Crippen LogP contribution in [0.3, 0.4) is 0 Å². The van der Waals surface area contributed by atoms with Gasteiger partial charge in [-0.3, -0.25) is 4.79 Å². The zero-order valence-corrected chi connectivity index (χ0v) is 20.1. The summed E-state index contributed by atoms with van der Waals surface area (Å²) >= 11 is 1.67. The van der Waals surface area contributed by atoms with E-state index in [0.717, 1.165) is 38.7 Å². The highest BCUT2D eigenvalue weighted by Gasteiger charge is 2.07. The molecule has 0 aliphatic rings. The van der Waals surface area contributed by atoms with Crippen molar-refractivity contribution < 1.29 is 9.53 Å². The molecule has 0 saturated carbocycles. The zero-order chi connectivity index (χ0) is 24.0. The minimum atomic E-state index is -0.183. The molecule has 1 heterocycles. The van der Waals surface area contributed by atoms with Gasteiger partial charge in [0.25, 0.3) is 0 Å². The van der Waals surface area contributed by atoms with Gasteiger partial charge in [0.05, 0.1) is 10.2 Å². The first-order valence-electron chi connectivity index (χ1n) is 11.4. The predicted molar refractivity (Wildman–Crippen MR) is 145 cm³/mol. The second-order valence-corrected chi connectivity index (χ2v) is 9.26. The SMILES string of the molecule is Cc1ccc2nc(-c3ccc(NC(=O)C=Cc4ccc(OCc5ccccc5)cc4)cc3)sc2c1. The van der Waals surface area contributed by atoms with Crippen LogP contribution in [0.4, 0.5) is 5.69 Å². The average molecular weight is 477 g/mol. The van der Waals surface area contributed by atoms with Crippen LogP contribution in [0.2, 0.25) is 0 Å². The van der Waals surface area contributed by atoms with Crippen molar-refractivity contribution in [2.75, 3.05) is 5.32 Å². The molecule has 0 bridgehead atoms. The number of carbonyl (C=O) groups is 1. The summed E-state index contributed by atoms with van der Waals surface area (Å²) in [7, 11) is 0. The van der Waals surface area contributed by atoms with Gasteiger partial charge in [0.1, 0.15) is 17.4 Å². The molecule has 0 saturated heterocycles. The van der Waals surface area contributed by atoms with E-state index >= 15 is 0 Å². The first-order chi connectivity index (χ1) is 17.1. The summed E-state index contributed by atoms with van der Waals surface area (Å²) in [5, 5.41) is 3.88. The van der Waals surface area contributed by atoms with Crippen molar-refractivity contribution in [3.05, 3.63) is 120 Å². The van der Waals surface area contributed by atoms with Crippen LogP contribution in [-0.2, 0) is 11.4 Å². The molecular formula is C30H24N2O2S. The van der Waals surface area contributed by atoms with Crippen LogP contribution >= 0.6 is 11.3 Å². The van der Waals surface area contributed by atoms with Gasteiger partial charge in [-0.2, -0.15) is 0 Å². The summed E-state index contributed by atoms with van der Waals surface area (Å²) in [6.45, 7) is 2.61. The van der Waals surface area contributed by atoms with Crippen molar-refractivity contribution in [3.63, 3.8) is 0 Å². The summed E-state index contributed by atoms with van der Waals surface area (Å²) in [5.41, 5.74) is 6.06. The van der Waals surface area contributed by atoms with Crippen LogP contribution < -0.4 is 10.1 Å². The molecule has 5 aromatic rings. The summed E-state index contributed by atoms with van der Waals surface area (Å²) in [6, 6.07) is 31.8. The molecule has 5 rings (SSSR count). The van der Waals surface area contributed by atoms with Crippen LogP contribution in [0.25, 0.3) is 26.9 Å². The summed E-state index contributed by atoms with van der Waals surface area (Å²) in [4.78, 5) is 17.1. The van der Waals surface area contributed by atoms with Crippen molar-refractivity contribution in [1.82, 2.24) is 4.98 Å². The summed E-state index contributed by atoms with van der Waals surface area (Å²) in [6.07, 6.45) is 3.32. The van der Waals surface area contributed by atoms with E-state index < -0.39 is 0 Å². The molecule has 4 nitrogen and oxygen atoms in total. The van der Waals surface area contributed by atoms with Gasteiger partial charge in [-0.1, -0.05) is 48.5 Å². The molecule has 1 N–H and O–H groups in total. The highest BCUT2D eigenvalue weighted by atomic mass is 32.1. The minimum absolute atomic E-state index is 0.183. The van der Waals surface area contributed by atoms with Gasteiger partial charge in [0, 0.05) is 17.3 Å². The lowest BCUT2D eigenvalue weighted by Gasteiger charge is -2.06. The van der Waals surface area contributed by atoms with E-state index in [1.807, 2.05) is 78.9 Å². The highest BCUT2D eigenvalue weighted by Crippen LogP contribution is 2.31. The van der Waals surface area contributed by atoms with Crippen LogP contribution in [0.1, 0.15) is 16.7 Å². The maximum Gasteiger partial charge on any atom is 0.248 e. The van der Waals surface area contributed by atoms with Crippen molar-refractivity contribution in [2.24, 2.45) is 0 Å². The number of carbonyl (C=O) groups excluding carboxylic acids is 1. The van der Waals surface area contributed by atoms with E-state index in [1.54, 1.807) is 17.4 Å². The minimum Gasteiger partial charge on any atom is -0.489 e. The lowest BCUT2D eigenvalue weighted by atomic mass is 10.2. The average Bonchev–Trinajstić information content (AvgIpc) is 3.31. The number of ether oxygens (including phenoxy) is 1. The van der Waals surface area contributed by atoms with E-state index in [4.69, 9.17) is 9.72 Å². The Labute approximate surface area is 208 Å². The fourth-order valence-corrected chi connectivity index (χ4v) is 4.69. The number of thiazole rings is 1. The van der Waals surface area contributed by atoms with Gasteiger partial charge in [-0.25, -0.2) is 4.98 Å². The number of aromatic nitrogens is 1. The second kappa shape index (κ2) is 10.4. The fraction of sp³-hybridized carbons (Fsp3) is 0.0667. The largest absolute Gasteiger partial charge is 0.489 e. The third-order valence-corrected chi connectivity index (χ3v) is 6.57. The maximum atomic E-state index is 12.4. The van der Waals surface area contributed by atoms with Crippen molar-refractivity contribution >= 4 is 39.2 Å². The van der Waals surface area contributed by atoms with Crippen molar-refractivity contribution in [1.29, 1.82) is 0 Å². The molecular weight excluding hydrogens is 452 g/mol. The Hall–Kier alpha value is -4.22. The first kappa shape index (κ1) is 22.6. The lowest BCUT2D eigenvalue weighted by molar-refractivity contribution is -0.111. The van der Waals surface area contributed by atoms with E-state index in [2.05, 4.69) is 30.4 Å². The van der Waals surface area contributed by atoms with Crippen LogP contribution in [0.15, 0.2) is 103 Å². The second-order valence-electron chi connectivity index (χ2n) is 8.23. The number of hydrogen-bond donors (Lipinski definition) is 1. The number of rotatable bonds is 7. The molecule has 0 unspecified atom stereocenters. The molecule has 35 heavy (non-hydrogen) atoms. The number of aryl methyl sites for hydroxylation is 1. The molecule has 4 aromatic carbocycles. The van der Waals surface area contributed by atoms with E-state index in [9.17, 15) is 4.79 Å². The molecule has 5 heteroatoms. The van der Waals surface area contributed by atoms with E-state index in [1.165, 1.54) is 16.3 Å². The fourth-order valence-electron chi connectivity index (χ4n) is 3.62. The Balaban J connectivity index is 1.16. The normalized spacial score (nSPS) is 11.1. The topological polar surface area (TPSA) is 51.2 Å². The molecule has 0 radical (unpaired) electrons. The first-order valence-corrected chi connectivity index (χ1v) is 12.2. The molecule has 0 fully saturated rings. The Bertz CT molecular complexity index is 1470. The number of nitrogens with zero attached hydrogens (tertiary/aromatic N) is 1. The van der Waals surface area contributed by atoms with Gasteiger partial charge in [-0.05, 0) is 78.2 Å². The predicted octanol–water partition coefficient (Wildman–Crippen LogP) is 7.50. The van der Waals surface area contributed by atoms with Gasteiger partial charge in [0.15, 0.2) is 0 Å². The maximum absolute atomic E-state index is 12.4. The van der Waals surface area contributed by atoms with Gasteiger partial charge in [-0.15, -0.1) is 11.3 Å². The van der Waals surface area contributed by atoms with Crippen molar-refractivity contribution in [2.45, 2.75) is 13.5 Å². The number of hydrogen-bond acceptors (Lipinski definition) is 4. The molecule has 172 valence electrons. The van der Waals surface area contributed by atoms with Gasteiger partial charge >= 0.3 is 0 Å². The zero-order valence-electron chi connectivity index (χ0n) is 19.3. The number of amides is 1. The van der Waals surface area contributed by atoms with Gasteiger partial charge in [0.2, 0.25) is 5.91 Å². The third kappa shape index (κ3) is 5.83. The number of anilines is 1. The Morgan fingerprint density at radius 2 is 1.71 bits per heavy atom. The summed E-state index contributed by atoms with van der Waals surface area (Å²) in [5.74, 6) is 0.608. The third-order valence-electron chi connectivity index (χ3n) is 5.50. The van der Waals surface area contributed by atoms with Crippen LogP contribution in [0.5, 0.6) is 5.75 Å². The number of benzene rings is 4. The lowest BCUT2D eigenvalue weighted by Crippen LogP contribution is -2.07. The Morgan fingerprint density at radius 1 is 0.943 bits per heavy atom. The quantitative estimate of drug-likeness (QED) is 0.247. The van der Waals surface area contributed by atoms with Crippen LogP contribution in [-0.4, -0.2) is 10.9 Å².